The maximum absolute atomic E-state index is 11.5. The van der Waals surface area contributed by atoms with Crippen LogP contribution in [0.2, 0.25) is 0 Å². The lowest BCUT2D eigenvalue weighted by molar-refractivity contribution is -0.169. The van der Waals surface area contributed by atoms with Crippen molar-refractivity contribution >= 4 is 11.6 Å². The fourth-order valence-corrected chi connectivity index (χ4v) is 3.42. The highest BCUT2D eigenvalue weighted by atomic mass is 16.6. The number of carbonyl (C=O) groups is 1. The van der Waals surface area contributed by atoms with Crippen molar-refractivity contribution < 1.29 is 14.4 Å². The lowest BCUT2D eigenvalue weighted by Gasteiger charge is -2.46. The topological polar surface area (TPSA) is 54.4 Å². The lowest BCUT2D eigenvalue weighted by Crippen LogP contribution is -2.58. The monoisotopic (exact) mass is 295 g/mol. The quantitative estimate of drug-likeness (QED) is 0.775. The Bertz CT molecular complexity index is 430. The number of likely N-dealkylation sites (tertiary alicyclic amines) is 1. The molecular formula is C15H25N3O3. The van der Waals surface area contributed by atoms with Gasteiger partial charge in [0.15, 0.2) is 0 Å². The number of amides is 1. The summed E-state index contributed by atoms with van der Waals surface area (Å²) in [6.07, 6.45) is 4.13. The summed E-state index contributed by atoms with van der Waals surface area (Å²) in [5.74, 6) is 0.0895. The number of hydrogen-bond acceptors (Lipinski definition) is 5. The molecule has 0 aromatic heterocycles. The molecule has 0 aromatic rings. The van der Waals surface area contributed by atoms with E-state index in [4.69, 9.17) is 9.57 Å². The van der Waals surface area contributed by atoms with Gasteiger partial charge < -0.3 is 14.5 Å². The van der Waals surface area contributed by atoms with E-state index < -0.39 is 0 Å². The van der Waals surface area contributed by atoms with Gasteiger partial charge in [-0.05, 0) is 19.3 Å². The molecule has 3 aliphatic heterocycles. The molecule has 6 heteroatoms. The standard InChI is InChI=1S/C15H25N3O3/c1-3-12-8-13(21-16-12)9-18-6-4-15(5-7-18)11-17(2)14(19)10-20-15/h13H,3-11H2,1-2H3. The molecule has 3 heterocycles. The summed E-state index contributed by atoms with van der Waals surface area (Å²) < 4.78 is 5.87. The van der Waals surface area contributed by atoms with Gasteiger partial charge in [0, 0.05) is 39.6 Å². The summed E-state index contributed by atoms with van der Waals surface area (Å²) in [4.78, 5) is 21.3. The van der Waals surface area contributed by atoms with E-state index in [1.165, 1.54) is 5.71 Å². The Morgan fingerprint density at radius 2 is 2.14 bits per heavy atom. The highest BCUT2D eigenvalue weighted by Crippen LogP contribution is 2.30. The number of carbonyl (C=O) groups excluding carboxylic acids is 1. The summed E-state index contributed by atoms with van der Waals surface area (Å²) in [5, 5.41) is 4.12. The van der Waals surface area contributed by atoms with Crippen LogP contribution in [0.1, 0.15) is 32.6 Å². The lowest BCUT2D eigenvalue weighted by atomic mass is 9.89. The van der Waals surface area contributed by atoms with E-state index in [2.05, 4.69) is 17.0 Å². The van der Waals surface area contributed by atoms with Gasteiger partial charge >= 0.3 is 0 Å². The van der Waals surface area contributed by atoms with Crippen molar-refractivity contribution in [2.75, 3.05) is 39.8 Å². The first kappa shape index (κ1) is 14.8. The maximum atomic E-state index is 11.5. The predicted molar refractivity (Wildman–Crippen MR) is 79.2 cm³/mol. The molecule has 0 aromatic carbocycles. The van der Waals surface area contributed by atoms with Gasteiger partial charge in [-0.2, -0.15) is 0 Å². The van der Waals surface area contributed by atoms with Crippen LogP contribution < -0.4 is 0 Å². The number of hydrogen-bond donors (Lipinski definition) is 0. The number of oxime groups is 1. The third-order valence-electron chi connectivity index (χ3n) is 4.88. The zero-order chi connectivity index (χ0) is 14.9. The largest absolute Gasteiger partial charge is 0.391 e. The van der Waals surface area contributed by atoms with Crippen LogP contribution in [0.3, 0.4) is 0 Å². The summed E-state index contributed by atoms with van der Waals surface area (Å²) in [7, 11) is 1.87. The minimum absolute atomic E-state index is 0.0895. The third-order valence-corrected chi connectivity index (χ3v) is 4.88. The van der Waals surface area contributed by atoms with Crippen LogP contribution in [-0.4, -0.2) is 73.0 Å². The second-order valence-electron chi connectivity index (χ2n) is 6.46. The zero-order valence-electron chi connectivity index (χ0n) is 13.0. The second kappa shape index (κ2) is 5.93. The van der Waals surface area contributed by atoms with E-state index in [-0.39, 0.29) is 24.2 Å². The molecule has 21 heavy (non-hydrogen) atoms. The fraction of sp³-hybridized carbons (Fsp3) is 0.867. The average molecular weight is 295 g/mol. The molecular weight excluding hydrogens is 270 g/mol. The van der Waals surface area contributed by atoms with Gasteiger partial charge in [0.25, 0.3) is 0 Å². The van der Waals surface area contributed by atoms with Crippen molar-refractivity contribution in [3.05, 3.63) is 0 Å². The number of likely N-dealkylation sites (N-methyl/N-ethyl adjacent to an activating group) is 1. The Morgan fingerprint density at radius 3 is 2.76 bits per heavy atom. The van der Waals surface area contributed by atoms with E-state index in [0.29, 0.717) is 0 Å². The first-order valence-electron chi connectivity index (χ1n) is 7.92. The van der Waals surface area contributed by atoms with Crippen molar-refractivity contribution in [2.45, 2.75) is 44.3 Å². The first-order valence-corrected chi connectivity index (χ1v) is 7.92. The first-order chi connectivity index (χ1) is 10.1. The van der Waals surface area contributed by atoms with Gasteiger partial charge in [-0.15, -0.1) is 0 Å². The number of ether oxygens (including phenoxy) is 1. The Hall–Kier alpha value is -1.14. The Labute approximate surface area is 126 Å². The summed E-state index contributed by atoms with van der Waals surface area (Å²) in [5.41, 5.74) is 1.05. The van der Waals surface area contributed by atoms with Crippen LogP contribution in [0.4, 0.5) is 0 Å². The van der Waals surface area contributed by atoms with Crippen LogP contribution in [-0.2, 0) is 14.4 Å². The highest BCUT2D eigenvalue weighted by Gasteiger charge is 2.41. The molecule has 118 valence electrons. The van der Waals surface area contributed by atoms with E-state index in [1.54, 1.807) is 4.90 Å². The molecule has 1 spiro atoms. The van der Waals surface area contributed by atoms with Crippen LogP contribution in [0.15, 0.2) is 5.16 Å². The molecule has 1 unspecified atom stereocenters. The third kappa shape index (κ3) is 3.21. The molecule has 2 saturated heterocycles. The molecule has 1 atom stereocenters. The van der Waals surface area contributed by atoms with E-state index >= 15 is 0 Å². The molecule has 0 N–H and O–H groups in total. The van der Waals surface area contributed by atoms with Gasteiger partial charge in [-0.3, -0.25) is 9.69 Å². The minimum atomic E-state index is -0.124. The molecule has 0 saturated carbocycles. The van der Waals surface area contributed by atoms with Gasteiger partial charge in [-0.1, -0.05) is 12.1 Å². The van der Waals surface area contributed by atoms with Gasteiger partial charge in [-0.25, -0.2) is 0 Å². The van der Waals surface area contributed by atoms with Crippen molar-refractivity contribution in [3.8, 4) is 0 Å². The van der Waals surface area contributed by atoms with Crippen molar-refractivity contribution in [1.82, 2.24) is 9.80 Å². The molecule has 3 rings (SSSR count). The Morgan fingerprint density at radius 1 is 1.38 bits per heavy atom. The number of piperidine rings is 1. The van der Waals surface area contributed by atoms with Crippen LogP contribution in [0.25, 0.3) is 0 Å². The Balaban J connectivity index is 1.46. The van der Waals surface area contributed by atoms with E-state index in [1.807, 2.05) is 7.05 Å². The van der Waals surface area contributed by atoms with Crippen LogP contribution in [0.5, 0.6) is 0 Å². The highest BCUT2D eigenvalue weighted by molar-refractivity contribution is 5.85. The molecule has 6 nitrogen and oxygen atoms in total. The maximum Gasteiger partial charge on any atom is 0.248 e. The van der Waals surface area contributed by atoms with E-state index in [0.717, 1.165) is 51.9 Å². The molecule has 1 amide bonds. The van der Waals surface area contributed by atoms with E-state index in [9.17, 15) is 4.79 Å². The molecule has 3 aliphatic rings. The SMILES string of the molecule is CCC1=NOC(CN2CCC3(CC2)CN(C)C(=O)CO3)C1. The minimum Gasteiger partial charge on any atom is -0.391 e. The molecule has 0 bridgehead atoms. The van der Waals surface area contributed by atoms with Crippen LogP contribution in [0, 0.1) is 0 Å². The number of morpholine rings is 1. The summed E-state index contributed by atoms with van der Waals surface area (Å²) in [6.45, 7) is 6.02. The summed E-state index contributed by atoms with van der Waals surface area (Å²) in [6, 6.07) is 0. The number of rotatable bonds is 3. The average Bonchev–Trinajstić information content (AvgIpc) is 2.94. The zero-order valence-corrected chi connectivity index (χ0v) is 13.0. The van der Waals surface area contributed by atoms with Crippen molar-refractivity contribution in [2.24, 2.45) is 5.16 Å². The normalized spacial score (nSPS) is 29.6. The smallest absolute Gasteiger partial charge is 0.248 e. The molecule has 2 fully saturated rings. The van der Waals surface area contributed by atoms with Crippen molar-refractivity contribution in [1.29, 1.82) is 0 Å². The molecule has 0 aliphatic carbocycles. The molecule has 0 radical (unpaired) electrons. The van der Waals surface area contributed by atoms with Gasteiger partial charge in [0.1, 0.15) is 12.7 Å². The van der Waals surface area contributed by atoms with Crippen LogP contribution >= 0.6 is 0 Å². The van der Waals surface area contributed by atoms with Gasteiger partial charge in [0.05, 0.1) is 11.3 Å². The second-order valence-corrected chi connectivity index (χ2v) is 6.46. The fourth-order valence-electron chi connectivity index (χ4n) is 3.42. The number of nitrogens with zero attached hydrogens (tertiary/aromatic N) is 3. The predicted octanol–water partition coefficient (Wildman–Crippen LogP) is 0.864. The van der Waals surface area contributed by atoms with Crippen molar-refractivity contribution in [3.63, 3.8) is 0 Å². The van der Waals surface area contributed by atoms with Gasteiger partial charge in [0.2, 0.25) is 5.91 Å². The summed E-state index contributed by atoms with van der Waals surface area (Å²) >= 11 is 0. The Kier molecular flexibility index (Phi) is 4.17.